The van der Waals surface area contributed by atoms with Crippen LogP contribution in [0.25, 0.3) is 0 Å². The molecule has 0 aromatic heterocycles. The number of nitrogens with one attached hydrogen (secondary N) is 1. The Morgan fingerprint density at radius 1 is 1.21 bits per heavy atom. The summed E-state index contributed by atoms with van der Waals surface area (Å²) in [5, 5.41) is 3.36. The molecule has 1 N–H and O–H groups in total. The molecule has 0 spiro atoms. The highest BCUT2D eigenvalue weighted by atomic mass is 35.5. The Labute approximate surface area is 170 Å². The Hall–Kier alpha value is -2.74. The first kappa shape index (κ1) is 21.0. The molecule has 2 amide bonds. The first-order valence-corrected chi connectivity index (χ1v) is 9.30. The van der Waals surface area contributed by atoms with E-state index in [9.17, 15) is 22.8 Å². The number of rotatable bonds is 6. The molecule has 5 nitrogen and oxygen atoms in total. The van der Waals surface area contributed by atoms with Gasteiger partial charge in [-0.25, -0.2) is 0 Å². The number of anilines is 1. The lowest BCUT2D eigenvalue weighted by Crippen LogP contribution is -2.37. The van der Waals surface area contributed by atoms with Crippen molar-refractivity contribution in [1.29, 1.82) is 0 Å². The van der Waals surface area contributed by atoms with Crippen molar-refractivity contribution in [2.24, 2.45) is 5.92 Å². The number of halogens is 4. The maximum atomic E-state index is 12.6. The monoisotopic (exact) mass is 426 g/mol. The normalized spacial score (nSPS) is 16.8. The molecule has 0 radical (unpaired) electrons. The number of benzene rings is 2. The zero-order valence-electron chi connectivity index (χ0n) is 15.2. The van der Waals surface area contributed by atoms with Crippen LogP contribution in [0, 0.1) is 5.92 Å². The molecule has 1 aliphatic heterocycles. The molecule has 3 rings (SSSR count). The third kappa shape index (κ3) is 5.63. The van der Waals surface area contributed by atoms with E-state index in [0.717, 1.165) is 17.7 Å². The van der Waals surface area contributed by atoms with Gasteiger partial charge in [0.2, 0.25) is 11.8 Å². The Kier molecular flexibility index (Phi) is 6.32. The summed E-state index contributed by atoms with van der Waals surface area (Å²) in [7, 11) is 0. The second-order valence-corrected chi connectivity index (χ2v) is 6.98. The Morgan fingerprint density at radius 3 is 2.62 bits per heavy atom. The number of hydrogen-bond acceptors (Lipinski definition) is 3. The van der Waals surface area contributed by atoms with Gasteiger partial charge in [-0.1, -0.05) is 29.8 Å². The van der Waals surface area contributed by atoms with Gasteiger partial charge in [0.25, 0.3) is 0 Å². The van der Waals surface area contributed by atoms with E-state index in [4.69, 9.17) is 11.6 Å². The molecule has 9 heteroatoms. The number of nitrogens with zero attached hydrogens (tertiary/aromatic N) is 1. The van der Waals surface area contributed by atoms with Crippen LogP contribution >= 0.6 is 11.6 Å². The predicted molar refractivity (Wildman–Crippen MR) is 102 cm³/mol. The molecule has 0 bridgehead atoms. The molecule has 1 fully saturated rings. The Bertz CT molecular complexity index is 887. The van der Waals surface area contributed by atoms with Gasteiger partial charge >= 0.3 is 6.36 Å². The average molecular weight is 427 g/mol. The lowest BCUT2D eigenvalue weighted by atomic mass is 10.1. The van der Waals surface area contributed by atoms with E-state index < -0.39 is 29.8 Å². The van der Waals surface area contributed by atoms with Crippen molar-refractivity contribution in [2.45, 2.75) is 19.2 Å². The van der Waals surface area contributed by atoms with Crippen LogP contribution in [0.15, 0.2) is 48.5 Å². The number of amides is 2. The highest BCUT2D eigenvalue weighted by Crippen LogP contribution is 2.30. The summed E-state index contributed by atoms with van der Waals surface area (Å²) in [6.45, 7) is 0.600. The topological polar surface area (TPSA) is 58.6 Å². The first-order valence-electron chi connectivity index (χ1n) is 8.92. The number of alkyl halides is 3. The van der Waals surface area contributed by atoms with Gasteiger partial charge in [0.15, 0.2) is 0 Å². The fourth-order valence-electron chi connectivity index (χ4n) is 3.13. The van der Waals surface area contributed by atoms with Crippen molar-refractivity contribution >= 4 is 29.1 Å². The van der Waals surface area contributed by atoms with Gasteiger partial charge in [0.05, 0.1) is 0 Å². The van der Waals surface area contributed by atoms with E-state index in [2.05, 4.69) is 10.1 Å². The Balaban J connectivity index is 1.57. The first-order chi connectivity index (χ1) is 13.7. The van der Waals surface area contributed by atoms with E-state index >= 15 is 0 Å². The third-order valence-corrected chi connectivity index (χ3v) is 4.76. The third-order valence-electron chi connectivity index (χ3n) is 4.51. The van der Waals surface area contributed by atoms with Crippen molar-refractivity contribution in [3.63, 3.8) is 0 Å². The molecule has 1 saturated heterocycles. The molecule has 1 aliphatic rings. The molecule has 0 unspecified atom stereocenters. The van der Waals surface area contributed by atoms with Crippen molar-refractivity contribution in [2.75, 3.05) is 18.0 Å². The van der Waals surface area contributed by atoms with Crippen LogP contribution in [-0.4, -0.2) is 31.3 Å². The molecule has 2 aromatic carbocycles. The SMILES string of the molecule is O=C(NCCc1ccc(Cl)cc1)[C@H]1CCN(c2cccc(OC(F)(F)F)c2)C1=O. The van der Waals surface area contributed by atoms with E-state index in [0.29, 0.717) is 18.0 Å². The molecule has 154 valence electrons. The summed E-state index contributed by atoms with van der Waals surface area (Å²) in [6.07, 6.45) is -3.94. The van der Waals surface area contributed by atoms with E-state index in [1.807, 2.05) is 12.1 Å². The predicted octanol–water partition coefficient (Wildman–Crippen LogP) is 3.95. The highest BCUT2D eigenvalue weighted by molar-refractivity contribution is 6.30. The van der Waals surface area contributed by atoms with E-state index in [-0.39, 0.29) is 18.7 Å². The number of carbonyl (C=O) groups is 2. The number of hydrogen-bond donors (Lipinski definition) is 1. The minimum Gasteiger partial charge on any atom is -0.406 e. The Morgan fingerprint density at radius 2 is 1.93 bits per heavy atom. The molecule has 29 heavy (non-hydrogen) atoms. The van der Waals surface area contributed by atoms with Crippen molar-refractivity contribution in [1.82, 2.24) is 5.32 Å². The average Bonchev–Trinajstić information content (AvgIpc) is 3.03. The van der Waals surface area contributed by atoms with Gasteiger partial charge in [-0.05, 0) is 42.7 Å². The number of carbonyl (C=O) groups excluding carboxylic acids is 2. The van der Waals surface area contributed by atoms with E-state index in [1.165, 1.54) is 17.0 Å². The van der Waals surface area contributed by atoms with Gasteiger partial charge in [0.1, 0.15) is 11.7 Å². The van der Waals surface area contributed by atoms with Gasteiger partial charge in [-0.3, -0.25) is 9.59 Å². The molecule has 1 atom stereocenters. The largest absolute Gasteiger partial charge is 0.573 e. The van der Waals surface area contributed by atoms with Crippen LogP contribution in [0.4, 0.5) is 18.9 Å². The van der Waals surface area contributed by atoms with Crippen LogP contribution in [0.3, 0.4) is 0 Å². The summed E-state index contributed by atoms with van der Waals surface area (Å²) in [6, 6.07) is 12.4. The summed E-state index contributed by atoms with van der Waals surface area (Å²) in [5.74, 6) is -2.13. The van der Waals surface area contributed by atoms with Gasteiger partial charge in [-0.15, -0.1) is 13.2 Å². The van der Waals surface area contributed by atoms with Crippen LogP contribution in [0.1, 0.15) is 12.0 Å². The summed E-state index contributed by atoms with van der Waals surface area (Å²) >= 11 is 5.83. The lowest BCUT2D eigenvalue weighted by molar-refractivity contribution is -0.274. The van der Waals surface area contributed by atoms with Gasteiger partial charge < -0.3 is 15.0 Å². The quantitative estimate of drug-likeness (QED) is 0.711. The van der Waals surface area contributed by atoms with Crippen LogP contribution < -0.4 is 15.0 Å². The second kappa shape index (κ2) is 8.73. The molecule has 2 aromatic rings. The fourth-order valence-corrected chi connectivity index (χ4v) is 3.26. The summed E-state index contributed by atoms with van der Waals surface area (Å²) in [5.41, 5.74) is 1.25. The maximum Gasteiger partial charge on any atom is 0.573 e. The minimum atomic E-state index is -4.82. The summed E-state index contributed by atoms with van der Waals surface area (Å²) in [4.78, 5) is 26.3. The molecule has 0 saturated carbocycles. The summed E-state index contributed by atoms with van der Waals surface area (Å²) < 4.78 is 41.1. The van der Waals surface area contributed by atoms with Crippen LogP contribution in [0.2, 0.25) is 5.02 Å². The van der Waals surface area contributed by atoms with Crippen LogP contribution in [0.5, 0.6) is 5.75 Å². The number of ether oxygens (including phenoxy) is 1. The zero-order valence-corrected chi connectivity index (χ0v) is 16.0. The minimum absolute atomic E-state index is 0.240. The lowest BCUT2D eigenvalue weighted by Gasteiger charge is -2.18. The van der Waals surface area contributed by atoms with Crippen molar-refractivity contribution in [3.05, 3.63) is 59.1 Å². The van der Waals surface area contributed by atoms with Gasteiger partial charge in [0, 0.05) is 29.9 Å². The second-order valence-electron chi connectivity index (χ2n) is 6.54. The van der Waals surface area contributed by atoms with Crippen LogP contribution in [-0.2, 0) is 16.0 Å². The van der Waals surface area contributed by atoms with E-state index in [1.54, 1.807) is 12.1 Å². The van der Waals surface area contributed by atoms with Crippen molar-refractivity contribution in [3.8, 4) is 5.75 Å². The molecular weight excluding hydrogens is 409 g/mol. The smallest absolute Gasteiger partial charge is 0.406 e. The zero-order chi connectivity index (χ0) is 21.0. The highest BCUT2D eigenvalue weighted by Gasteiger charge is 2.38. The maximum absolute atomic E-state index is 12.6. The fraction of sp³-hybridized carbons (Fsp3) is 0.300. The van der Waals surface area contributed by atoms with Gasteiger partial charge in [-0.2, -0.15) is 0 Å². The molecule has 0 aliphatic carbocycles. The molecular formula is C20H18ClF3N2O3. The standard InChI is InChI=1S/C20H18ClF3N2O3/c21-14-6-4-13(5-7-14)8-10-25-18(27)17-9-11-26(19(17)28)15-2-1-3-16(12-15)29-20(22,23)24/h1-7,12,17H,8-11H2,(H,25,27)/t17-/m1/s1. The van der Waals surface area contributed by atoms with Crippen molar-refractivity contribution < 1.29 is 27.5 Å². The molecule has 1 heterocycles.